The lowest BCUT2D eigenvalue weighted by Gasteiger charge is -1.97. The minimum atomic E-state index is -0.308. The molecule has 2 aromatic carbocycles. The monoisotopic (exact) mass is 360 g/mol. The summed E-state index contributed by atoms with van der Waals surface area (Å²) in [4.78, 5) is 20.9. The molecule has 0 aliphatic carbocycles. The van der Waals surface area contributed by atoms with Gasteiger partial charge in [0.05, 0.1) is 6.21 Å². The standard InChI is InChI=1S/C20H16N4OS/c1-13-18(23-20(26-13)14-7-3-2-4-8-14)19(25)24-22-12-15-11-21-17-10-6-5-9-16(15)17/h2-12,21H,1H3,(H,24,25)/b22-12-. The minimum absolute atomic E-state index is 0.308. The van der Waals surface area contributed by atoms with Gasteiger partial charge in [0.1, 0.15) is 10.7 Å². The van der Waals surface area contributed by atoms with Gasteiger partial charge in [0.25, 0.3) is 5.91 Å². The van der Waals surface area contributed by atoms with Crippen LogP contribution in [-0.4, -0.2) is 22.1 Å². The van der Waals surface area contributed by atoms with Gasteiger partial charge in [-0.1, -0.05) is 48.5 Å². The molecule has 0 unspecified atom stereocenters. The van der Waals surface area contributed by atoms with Gasteiger partial charge in [-0.2, -0.15) is 5.10 Å². The van der Waals surface area contributed by atoms with Crippen molar-refractivity contribution in [2.75, 3.05) is 0 Å². The van der Waals surface area contributed by atoms with Crippen LogP contribution in [0.15, 0.2) is 65.9 Å². The third-order valence-corrected chi connectivity index (χ3v) is 5.04. The van der Waals surface area contributed by atoms with Crippen LogP contribution in [0.3, 0.4) is 0 Å². The molecule has 4 aromatic rings. The van der Waals surface area contributed by atoms with E-state index in [0.717, 1.165) is 31.9 Å². The Bertz CT molecular complexity index is 1100. The van der Waals surface area contributed by atoms with Crippen molar-refractivity contribution in [3.8, 4) is 10.6 Å². The molecule has 0 saturated heterocycles. The second-order valence-electron chi connectivity index (χ2n) is 5.78. The van der Waals surface area contributed by atoms with Crippen LogP contribution in [0.5, 0.6) is 0 Å². The molecule has 5 nitrogen and oxygen atoms in total. The number of aromatic amines is 1. The lowest BCUT2D eigenvalue weighted by Crippen LogP contribution is -2.18. The molecule has 0 saturated carbocycles. The molecular formula is C20H16N4OS. The zero-order valence-electron chi connectivity index (χ0n) is 14.1. The van der Waals surface area contributed by atoms with E-state index in [9.17, 15) is 4.79 Å². The molecule has 0 bridgehead atoms. The summed E-state index contributed by atoms with van der Waals surface area (Å²) in [6, 6.07) is 17.8. The number of rotatable bonds is 4. The van der Waals surface area contributed by atoms with Gasteiger partial charge in [0.2, 0.25) is 0 Å². The lowest BCUT2D eigenvalue weighted by atomic mass is 10.2. The van der Waals surface area contributed by atoms with Crippen LogP contribution >= 0.6 is 11.3 Å². The Hall–Kier alpha value is -3.25. The first-order chi connectivity index (χ1) is 12.7. The molecule has 0 atom stereocenters. The maximum absolute atomic E-state index is 12.4. The van der Waals surface area contributed by atoms with Crippen molar-refractivity contribution >= 4 is 34.4 Å². The second kappa shape index (κ2) is 6.93. The molecule has 2 aromatic heterocycles. The van der Waals surface area contributed by atoms with Crippen molar-refractivity contribution in [3.63, 3.8) is 0 Å². The first-order valence-corrected chi connectivity index (χ1v) is 8.96. The predicted octanol–water partition coefficient (Wildman–Crippen LogP) is 4.36. The number of benzene rings is 2. The molecular weight excluding hydrogens is 344 g/mol. The number of hydrogen-bond donors (Lipinski definition) is 2. The molecule has 2 N–H and O–H groups in total. The molecule has 2 heterocycles. The highest BCUT2D eigenvalue weighted by Gasteiger charge is 2.15. The van der Waals surface area contributed by atoms with E-state index in [1.165, 1.54) is 11.3 Å². The maximum atomic E-state index is 12.4. The molecule has 4 rings (SSSR count). The average molecular weight is 360 g/mol. The molecule has 0 aliphatic heterocycles. The quantitative estimate of drug-likeness (QED) is 0.419. The number of para-hydroxylation sites is 1. The van der Waals surface area contributed by atoms with E-state index in [4.69, 9.17) is 0 Å². The van der Waals surface area contributed by atoms with Crippen LogP contribution in [0, 0.1) is 6.92 Å². The van der Waals surface area contributed by atoms with Crippen LogP contribution in [0.25, 0.3) is 21.5 Å². The largest absolute Gasteiger partial charge is 0.361 e. The SMILES string of the molecule is Cc1sc(-c2ccccc2)nc1C(=O)N/N=C\c1c[nH]c2ccccc12. The first kappa shape index (κ1) is 16.2. The van der Waals surface area contributed by atoms with Crippen LogP contribution in [0.1, 0.15) is 20.9 Å². The number of aromatic nitrogens is 2. The number of thiazole rings is 1. The third kappa shape index (κ3) is 3.14. The Morgan fingerprint density at radius 1 is 1.15 bits per heavy atom. The summed E-state index contributed by atoms with van der Waals surface area (Å²) in [7, 11) is 0. The minimum Gasteiger partial charge on any atom is -0.361 e. The molecule has 26 heavy (non-hydrogen) atoms. The van der Waals surface area contributed by atoms with Crippen LogP contribution in [0.2, 0.25) is 0 Å². The van der Waals surface area contributed by atoms with E-state index in [-0.39, 0.29) is 5.91 Å². The van der Waals surface area contributed by atoms with E-state index in [0.29, 0.717) is 5.69 Å². The topological polar surface area (TPSA) is 70.1 Å². The summed E-state index contributed by atoms with van der Waals surface area (Å²) in [5, 5.41) is 5.97. The predicted molar refractivity (Wildman–Crippen MR) is 106 cm³/mol. The smallest absolute Gasteiger partial charge is 0.291 e. The fourth-order valence-corrected chi connectivity index (χ4v) is 3.64. The number of fused-ring (bicyclic) bond motifs is 1. The molecule has 128 valence electrons. The summed E-state index contributed by atoms with van der Waals surface area (Å²) < 4.78 is 0. The van der Waals surface area contributed by atoms with Gasteiger partial charge in [-0.25, -0.2) is 10.4 Å². The maximum Gasteiger partial charge on any atom is 0.291 e. The van der Waals surface area contributed by atoms with Gasteiger partial charge in [-0.15, -0.1) is 11.3 Å². The van der Waals surface area contributed by atoms with Crippen LogP contribution in [0.4, 0.5) is 0 Å². The number of aryl methyl sites for hydroxylation is 1. The Morgan fingerprint density at radius 3 is 2.77 bits per heavy atom. The first-order valence-electron chi connectivity index (χ1n) is 8.15. The van der Waals surface area contributed by atoms with E-state index in [1.807, 2.05) is 67.7 Å². The Kier molecular flexibility index (Phi) is 4.33. The van der Waals surface area contributed by atoms with Gasteiger partial charge in [-0.05, 0) is 13.0 Å². The fraction of sp³-hybridized carbons (Fsp3) is 0.0500. The van der Waals surface area contributed by atoms with Crippen molar-refractivity contribution < 1.29 is 4.79 Å². The van der Waals surface area contributed by atoms with Crippen LogP contribution in [-0.2, 0) is 0 Å². The number of hydrogen-bond acceptors (Lipinski definition) is 4. The van der Waals surface area contributed by atoms with E-state index < -0.39 is 0 Å². The van der Waals surface area contributed by atoms with E-state index in [1.54, 1.807) is 6.21 Å². The number of hydrazone groups is 1. The van der Waals surface area contributed by atoms with E-state index >= 15 is 0 Å². The summed E-state index contributed by atoms with van der Waals surface area (Å²) in [5.74, 6) is -0.308. The summed E-state index contributed by atoms with van der Waals surface area (Å²) in [6.45, 7) is 1.89. The van der Waals surface area contributed by atoms with Crippen molar-refractivity contribution in [1.29, 1.82) is 0 Å². The number of carbonyl (C=O) groups is 1. The van der Waals surface area contributed by atoms with Crippen molar-refractivity contribution in [1.82, 2.24) is 15.4 Å². The van der Waals surface area contributed by atoms with Crippen molar-refractivity contribution in [2.45, 2.75) is 6.92 Å². The van der Waals surface area contributed by atoms with Gasteiger partial charge in [0.15, 0.2) is 0 Å². The zero-order valence-corrected chi connectivity index (χ0v) is 14.9. The molecule has 0 radical (unpaired) electrons. The highest BCUT2D eigenvalue weighted by molar-refractivity contribution is 7.15. The molecule has 1 amide bonds. The number of nitrogens with one attached hydrogen (secondary N) is 2. The zero-order chi connectivity index (χ0) is 17.9. The molecule has 0 fully saturated rings. The summed E-state index contributed by atoms with van der Waals surface area (Å²) in [6.07, 6.45) is 3.50. The highest BCUT2D eigenvalue weighted by Crippen LogP contribution is 2.27. The normalized spacial score (nSPS) is 11.3. The van der Waals surface area contributed by atoms with Crippen molar-refractivity contribution in [3.05, 3.63) is 76.9 Å². The Morgan fingerprint density at radius 2 is 1.92 bits per heavy atom. The van der Waals surface area contributed by atoms with Crippen LogP contribution < -0.4 is 5.43 Å². The summed E-state index contributed by atoms with van der Waals surface area (Å²) >= 11 is 1.50. The summed E-state index contributed by atoms with van der Waals surface area (Å²) in [5.41, 5.74) is 5.93. The fourth-order valence-electron chi connectivity index (χ4n) is 2.73. The third-order valence-electron chi connectivity index (χ3n) is 4.02. The number of nitrogens with zero attached hydrogens (tertiary/aromatic N) is 2. The molecule has 0 aliphatic rings. The van der Waals surface area contributed by atoms with Gasteiger partial charge in [-0.3, -0.25) is 4.79 Å². The van der Waals surface area contributed by atoms with E-state index in [2.05, 4.69) is 20.5 Å². The molecule has 0 spiro atoms. The molecule has 6 heteroatoms. The van der Waals surface area contributed by atoms with Crippen molar-refractivity contribution in [2.24, 2.45) is 5.10 Å². The lowest BCUT2D eigenvalue weighted by molar-refractivity contribution is 0.0950. The number of amides is 1. The van der Waals surface area contributed by atoms with Gasteiger partial charge < -0.3 is 4.98 Å². The Labute approximate surface area is 154 Å². The number of carbonyl (C=O) groups excluding carboxylic acids is 1. The number of H-pyrrole nitrogens is 1. The average Bonchev–Trinajstić information content (AvgIpc) is 3.26. The highest BCUT2D eigenvalue weighted by atomic mass is 32.1. The second-order valence-corrected chi connectivity index (χ2v) is 6.98. The van der Waals surface area contributed by atoms with Gasteiger partial charge >= 0.3 is 0 Å². The van der Waals surface area contributed by atoms with Gasteiger partial charge in [0, 0.05) is 33.1 Å². The Balaban J connectivity index is 1.51.